The number of nitrogens with two attached hydrogens (primary N) is 1. The van der Waals surface area contributed by atoms with E-state index in [0.717, 1.165) is 11.1 Å². The molecule has 10 heteroatoms. The van der Waals surface area contributed by atoms with Crippen LogP contribution in [0.4, 0.5) is 0 Å². The molecule has 2 aliphatic rings. The molecule has 41 heavy (non-hydrogen) atoms. The molecular weight excluding hydrogens is 524 g/mol. The smallest absolute Gasteiger partial charge is 0.255 e. The average Bonchev–Trinajstić information content (AvgIpc) is 3.30. The number of nitrogens with zero attached hydrogens (tertiary/aromatic N) is 1. The summed E-state index contributed by atoms with van der Waals surface area (Å²) in [6.07, 6.45) is 0.449. The molecule has 4 N–H and O–H groups in total. The van der Waals surface area contributed by atoms with Gasteiger partial charge in [0, 0.05) is 32.2 Å². The lowest BCUT2D eigenvalue weighted by Crippen LogP contribution is -2.52. The molecule has 2 aliphatic heterocycles. The van der Waals surface area contributed by atoms with Gasteiger partial charge in [0.1, 0.15) is 12.0 Å². The van der Waals surface area contributed by atoms with Crippen LogP contribution in [0.3, 0.4) is 0 Å². The van der Waals surface area contributed by atoms with Gasteiger partial charge in [0.05, 0.1) is 0 Å². The third-order valence-electron chi connectivity index (χ3n) is 7.75. The zero-order valence-corrected chi connectivity index (χ0v) is 22.5. The number of methoxy groups -OCH3 is 1. The lowest BCUT2D eigenvalue weighted by atomic mass is 9.75. The zero-order chi connectivity index (χ0) is 29.1. The fourth-order valence-corrected chi connectivity index (χ4v) is 5.72. The van der Waals surface area contributed by atoms with Gasteiger partial charge < -0.3 is 20.7 Å². The normalized spacial score (nSPS) is 18.7. The number of nitrogens with one attached hydrogen (secondary N) is 2. The largest absolute Gasteiger partial charge is 0.367 e. The van der Waals surface area contributed by atoms with E-state index in [1.807, 2.05) is 12.1 Å². The summed E-state index contributed by atoms with van der Waals surface area (Å²) in [7, 11) is 1.35. The van der Waals surface area contributed by atoms with Gasteiger partial charge in [-0.05, 0) is 34.7 Å². The molecule has 3 aromatic carbocycles. The van der Waals surface area contributed by atoms with Crippen molar-refractivity contribution < 1.29 is 28.7 Å². The molecule has 210 valence electrons. The van der Waals surface area contributed by atoms with Crippen LogP contribution in [0, 0.1) is 0 Å². The molecule has 1 saturated heterocycles. The highest BCUT2D eigenvalue weighted by molar-refractivity contribution is 6.05. The van der Waals surface area contributed by atoms with E-state index < -0.39 is 35.3 Å². The quantitative estimate of drug-likeness (QED) is 0.344. The van der Waals surface area contributed by atoms with Crippen molar-refractivity contribution in [2.45, 2.75) is 43.5 Å². The van der Waals surface area contributed by atoms with E-state index in [1.165, 1.54) is 12.0 Å². The Kier molecular flexibility index (Phi) is 7.67. The minimum Gasteiger partial charge on any atom is -0.367 e. The molecule has 2 heterocycles. The number of primary amides is 1. The summed E-state index contributed by atoms with van der Waals surface area (Å²) in [5, 5.41) is 5.22. The summed E-state index contributed by atoms with van der Waals surface area (Å²) in [6, 6.07) is 22.0. The van der Waals surface area contributed by atoms with Crippen molar-refractivity contribution in [2.24, 2.45) is 5.73 Å². The summed E-state index contributed by atoms with van der Waals surface area (Å²) >= 11 is 0. The second kappa shape index (κ2) is 11.3. The molecule has 0 spiro atoms. The molecule has 5 rings (SSSR count). The van der Waals surface area contributed by atoms with E-state index in [4.69, 9.17) is 10.5 Å². The van der Waals surface area contributed by atoms with Crippen molar-refractivity contribution in [2.75, 3.05) is 7.11 Å². The van der Waals surface area contributed by atoms with Crippen molar-refractivity contribution >= 4 is 29.5 Å². The van der Waals surface area contributed by atoms with Crippen LogP contribution in [0.15, 0.2) is 78.9 Å². The third-order valence-corrected chi connectivity index (χ3v) is 7.75. The number of hydrogen-bond donors (Lipinski definition) is 3. The van der Waals surface area contributed by atoms with E-state index in [0.29, 0.717) is 16.7 Å². The van der Waals surface area contributed by atoms with Crippen molar-refractivity contribution in [1.29, 1.82) is 0 Å². The molecule has 0 saturated carbocycles. The maximum atomic E-state index is 13.9. The lowest BCUT2D eigenvalue weighted by Gasteiger charge is -2.36. The lowest BCUT2D eigenvalue weighted by molar-refractivity contribution is -0.151. The fraction of sp³-hybridized carbons (Fsp3) is 0.258. The summed E-state index contributed by atoms with van der Waals surface area (Å²) in [5.74, 6) is -3.47. The van der Waals surface area contributed by atoms with Gasteiger partial charge in [-0.1, -0.05) is 72.8 Å². The van der Waals surface area contributed by atoms with Gasteiger partial charge in [-0.25, -0.2) is 0 Å². The van der Waals surface area contributed by atoms with Crippen molar-refractivity contribution in [3.63, 3.8) is 0 Å². The van der Waals surface area contributed by atoms with Gasteiger partial charge in [0.2, 0.25) is 17.7 Å². The highest BCUT2D eigenvalue weighted by Gasteiger charge is 2.51. The van der Waals surface area contributed by atoms with Gasteiger partial charge in [-0.3, -0.25) is 29.3 Å². The predicted octanol–water partition coefficient (Wildman–Crippen LogP) is 1.87. The molecule has 0 aliphatic carbocycles. The van der Waals surface area contributed by atoms with E-state index in [9.17, 15) is 24.0 Å². The van der Waals surface area contributed by atoms with Crippen LogP contribution in [0.25, 0.3) is 0 Å². The maximum Gasteiger partial charge on any atom is 0.255 e. The van der Waals surface area contributed by atoms with Crippen LogP contribution in [0.2, 0.25) is 0 Å². The second-order valence-electron chi connectivity index (χ2n) is 10.1. The topological polar surface area (TPSA) is 148 Å². The number of rotatable bonds is 9. The highest BCUT2D eigenvalue weighted by Crippen LogP contribution is 2.40. The Morgan fingerprint density at radius 1 is 1.05 bits per heavy atom. The standard InChI is InChI=1S/C31H30N4O6/c1-41-31(30(32)40,22-10-6-3-7-11-22)26(20-8-4-2-5-9-20)28(38)33-17-19-12-13-23-21(16-19)18-35(29(23)39)24-14-15-25(36)34-27(24)37/h2-13,16,24,26H,14-15,17-18H2,1H3,(H2,32,40)(H,33,38)(H,34,36,37)/t24?,26-,31?/m1/s1. The van der Waals surface area contributed by atoms with Gasteiger partial charge >= 0.3 is 0 Å². The van der Waals surface area contributed by atoms with Crippen LogP contribution in [0.1, 0.15) is 51.4 Å². The number of benzene rings is 3. The number of hydrogen-bond acceptors (Lipinski definition) is 6. The third kappa shape index (κ3) is 5.09. The number of carbonyl (C=O) groups is 5. The van der Waals surface area contributed by atoms with Crippen molar-refractivity contribution in [3.8, 4) is 0 Å². The highest BCUT2D eigenvalue weighted by atomic mass is 16.5. The fourth-order valence-electron chi connectivity index (χ4n) is 5.72. The molecular formula is C31H30N4O6. The van der Waals surface area contributed by atoms with Gasteiger partial charge in [0.25, 0.3) is 11.8 Å². The first-order valence-electron chi connectivity index (χ1n) is 13.3. The number of fused-ring (bicyclic) bond motifs is 1. The van der Waals surface area contributed by atoms with Crippen LogP contribution in [-0.4, -0.2) is 47.6 Å². The van der Waals surface area contributed by atoms with Crippen LogP contribution >= 0.6 is 0 Å². The molecule has 0 radical (unpaired) electrons. The SMILES string of the molecule is COC(C(N)=O)(c1ccccc1)[C@@H](C(=O)NCc1ccc2c(c1)CN(C1CCC(=O)NC1=O)C2=O)c1ccccc1. The molecule has 1 fully saturated rings. The monoisotopic (exact) mass is 554 g/mol. The molecule has 10 nitrogen and oxygen atoms in total. The number of amides is 5. The Morgan fingerprint density at radius 3 is 2.37 bits per heavy atom. The minimum absolute atomic E-state index is 0.107. The van der Waals surface area contributed by atoms with Gasteiger partial charge in [-0.15, -0.1) is 0 Å². The summed E-state index contributed by atoms with van der Waals surface area (Å²) in [6.45, 7) is 0.326. The van der Waals surface area contributed by atoms with Crippen LogP contribution in [0.5, 0.6) is 0 Å². The van der Waals surface area contributed by atoms with E-state index in [2.05, 4.69) is 10.6 Å². The Bertz CT molecular complexity index is 1510. The Balaban J connectivity index is 1.39. The number of imide groups is 1. The van der Waals surface area contributed by atoms with Crippen molar-refractivity contribution in [1.82, 2.24) is 15.5 Å². The number of carbonyl (C=O) groups excluding carboxylic acids is 5. The van der Waals surface area contributed by atoms with E-state index >= 15 is 0 Å². The van der Waals surface area contributed by atoms with E-state index in [-0.39, 0.29) is 37.7 Å². The molecule has 3 aromatic rings. The van der Waals surface area contributed by atoms with Crippen LogP contribution in [-0.2, 0) is 42.6 Å². The average molecular weight is 555 g/mol. The summed E-state index contributed by atoms with van der Waals surface area (Å²) < 4.78 is 5.80. The van der Waals surface area contributed by atoms with E-state index in [1.54, 1.807) is 66.7 Å². The first-order chi connectivity index (χ1) is 19.8. The maximum absolute atomic E-state index is 13.9. The summed E-state index contributed by atoms with van der Waals surface area (Å²) in [4.78, 5) is 65.3. The zero-order valence-electron chi connectivity index (χ0n) is 22.5. The van der Waals surface area contributed by atoms with Gasteiger partial charge in [0.15, 0.2) is 5.60 Å². The van der Waals surface area contributed by atoms with Crippen molar-refractivity contribution in [3.05, 3.63) is 107 Å². The first-order valence-corrected chi connectivity index (χ1v) is 13.3. The predicted molar refractivity (Wildman–Crippen MR) is 148 cm³/mol. The molecule has 2 unspecified atom stereocenters. The van der Waals surface area contributed by atoms with Gasteiger partial charge in [-0.2, -0.15) is 0 Å². The Morgan fingerprint density at radius 2 is 1.73 bits per heavy atom. The second-order valence-corrected chi connectivity index (χ2v) is 10.1. The molecule has 5 amide bonds. The Hall–Kier alpha value is -4.83. The number of piperidine rings is 1. The molecule has 3 atom stereocenters. The van der Waals surface area contributed by atoms with Crippen LogP contribution < -0.4 is 16.4 Å². The minimum atomic E-state index is -1.78. The Labute approximate surface area is 236 Å². The molecule has 0 aromatic heterocycles. The number of ether oxygens (including phenoxy) is 1. The summed E-state index contributed by atoms with van der Waals surface area (Å²) in [5.41, 5.74) is 7.08. The first kappa shape index (κ1) is 27.7. The molecule has 0 bridgehead atoms.